The van der Waals surface area contributed by atoms with Crippen molar-refractivity contribution in [2.45, 2.75) is 39.8 Å². The molecule has 1 atom stereocenters. The minimum atomic E-state index is -1.08. The lowest BCUT2D eigenvalue weighted by Gasteiger charge is -2.20. The Kier molecular flexibility index (Phi) is 6.85. The number of nitrogens with one attached hydrogen (secondary N) is 1. The van der Waals surface area contributed by atoms with E-state index in [1.54, 1.807) is 18.2 Å². The normalized spacial score (nSPS) is 12.2. The van der Waals surface area contributed by atoms with Crippen LogP contribution in [-0.4, -0.2) is 46.1 Å². The number of rotatable bonds is 8. The van der Waals surface area contributed by atoms with Crippen LogP contribution in [0, 0.1) is 0 Å². The van der Waals surface area contributed by atoms with Crippen LogP contribution >= 0.6 is 0 Å². The second kappa shape index (κ2) is 8.38. The second-order valence-electron chi connectivity index (χ2n) is 5.22. The number of carboxylic acids is 1. The highest BCUT2D eigenvalue weighted by Gasteiger charge is 2.19. The Morgan fingerprint density at radius 1 is 1.27 bits per heavy atom. The molecule has 0 radical (unpaired) electrons. The van der Waals surface area contributed by atoms with Crippen molar-refractivity contribution in [2.24, 2.45) is 0 Å². The van der Waals surface area contributed by atoms with Crippen LogP contribution in [-0.2, 0) is 22.6 Å². The van der Waals surface area contributed by atoms with Crippen LogP contribution in [0.15, 0.2) is 18.2 Å². The molecule has 1 aromatic rings. The van der Waals surface area contributed by atoms with Crippen molar-refractivity contribution < 1.29 is 19.8 Å². The Morgan fingerprint density at radius 3 is 2.41 bits per heavy atom. The summed E-state index contributed by atoms with van der Waals surface area (Å²) in [6, 6.07) is 4.08. The molecule has 6 heteroatoms. The summed E-state index contributed by atoms with van der Waals surface area (Å²) in [6.07, 6.45) is 0.181. The Hall–Kier alpha value is -2.08. The minimum absolute atomic E-state index is 0.181. The van der Waals surface area contributed by atoms with Gasteiger partial charge < -0.3 is 15.5 Å². The monoisotopic (exact) mass is 308 g/mol. The summed E-state index contributed by atoms with van der Waals surface area (Å²) < 4.78 is 0. The Balaban J connectivity index is 2.91. The molecule has 1 rings (SSSR count). The van der Waals surface area contributed by atoms with E-state index in [4.69, 9.17) is 5.11 Å². The van der Waals surface area contributed by atoms with Crippen LogP contribution in [0.4, 0.5) is 0 Å². The number of hydrogen-bond acceptors (Lipinski definition) is 4. The average Bonchev–Trinajstić information content (AvgIpc) is 2.46. The zero-order valence-corrected chi connectivity index (χ0v) is 13.3. The summed E-state index contributed by atoms with van der Waals surface area (Å²) in [5.41, 5.74) is 1.52. The van der Waals surface area contributed by atoms with E-state index in [1.807, 2.05) is 13.8 Å². The van der Waals surface area contributed by atoms with Crippen molar-refractivity contribution >= 4 is 11.9 Å². The first-order chi connectivity index (χ1) is 10.4. The van der Waals surface area contributed by atoms with Crippen LogP contribution in [0.3, 0.4) is 0 Å². The van der Waals surface area contributed by atoms with Crippen LogP contribution in [0.25, 0.3) is 0 Å². The summed E-state index contributed by atoms with van der Waals surface area (Å²) >= 11 is 0. The summed E-state index contributed by atoms with van der Waals surface area (Å²) in [5, 5.41) is 21.5. The van der Waals surface area contributed by atoms with E-state index in [0.717, 1.165) is 24.2 Å². The van der Waals surface area contributed by atoms with Gasteiger partial charge in [0.1, 0.15) is 11.8 Å². The Bertz CT molecular complexity index is 527. The van der Waals surface area contributed by atoms with Gasteiger partial charge in [-0.1, -0.05) is 26.0 Å². The van der Waals surface area contributed by atoms with Crippen molar-refractivity contribution in [3.8, 4) is 5.75 Å². The lowest BCUT2D eigenvalue weighted by molar-refractivity contribution is -0.141. The van der Waals surface area contributed by atoms with Gasteiger partial charge in [0.15, 0.2) is 0 Å². The van der Waals surface area contributed by atoms with Gasteiger partial charge in [0.2, 0.25) is 5.91 Å². The van der Waals surface area contributed by atoms with E-state index in [2.05, 4.69) is 10.2 Å². The maximum Gasteiger partial charge on any atom is 0.326 e. The fraction of sp³-hybridized carbons (Fsp3) is 0.500. The molecule has 1 amide bonds. The van der Waals surface area contributed by atoms with Gasteiger partial charge in [0.25, 0.3) is 0 Å². The number of hydrogen-bond donors (Lipinski definition) is 3. The molecule has 0 fully saturated rings. The van der Waals surface area contributed by atoms with Gasteiger partial charge in [-0.2, -0.15) is 0 Å². The third kappa shape index (κ3) is 5.37. The van der Waals surface area contributed by atoms with E-state index in [0.29, 0.717) is 6.54 Å². The van der Waals surface area contributed by atoms with Gasteiger partial charge in [0, 0.05) is 25.5 Å². The predicted molar refractivity (Wildman–Crippen MR) is 83.7 cm³/mol. The second-order valence-corrected chi connectivity index (χ2v) is 5.22. The van der Waals surface area contributed by atoms with Gasteiger partial charge in [-0.3, -0.25) is 9.69 Å². The number of phenolic OH excluding ortho intramolecular Hbond substituents is 1. The standard InChI is InChI=1S/C16H24N2O4/c1-4-18(5-2)10-13-8-12(6-7-15(13)20)9-14(16(21)22)17-11(3)19/h6-8,14,20H,4-5,9-10H2,1-3H3,(H,17,19)(H,21,22). The highest BCUT2D eigenvalue weighted by Crippen LogP contribution is 2.21. The molecule has 0 saturated carbocycles. The molecule has 0 aliphatic rings. The van der Waals surface area contributed by atoms with Crippen molar-refractivity contribution in [3.63, 3.8) is 0 Å². The number of benzene rings is 1. The van der Waals surface area contributed by atoms with Crippen LogP contribution in [0.2, 0.25) is 0 Å². The lowest BCUT2D eigenvalue weighted by Crippen LogP contribution is -2.41. The third-order valence-corrected chi connectivity index (χ3v) is 3.55. The molecule has 0 aliphatic heterocycles. The zero-order chi connectivity index (χ0) is 16.7. The zero-order valence-electron chi connectivity index (χ0n) is 13.3. The first-order valence-electron chi connectivity index (χ1n) is 7.40. The van der Waals surface area contributed by atoms with Gasteiger partial charge in [-0.25, -0.2) is 4.79 Å². The van der Waals surface area contributed by atoms with E-state index in [1.165, 1.54) is 6.92 Å². The number of aliphatic carboxylic acids is 1. The number of phenols is 1. The van der Waals surface area contributed by atoms with Gasteiger partial charge >= 0.3 is 5.97 Å². The van der Waals surface area contributed by atoms with E-state index >= 15 is 0 Å². The first-order valence-corrected chi connectivity index (χ1v) is 7.40. The number of carbonyl (C=O) groups excluding carboxylic acids is 1. The topological polar surface area (TPSA) is 89.9 Å². The van der Waals surface area contributed by atoms with Crippen LogP contribution < -0.4 is 5.32 Å². The molecule has 0 aromatic heterocycles. The third-order valence-electron chi connectivity index (χ3n) is 3.55. The van der Waals surface area contributed by atoms with Gasteiger partial charge in [-0.05, 0) is 24.7 Å². The highest BCUT2D eigenvalue weighted by molar-refractivity contribution is 5.82. The van der Waals surface area contributed by atoms with E-state index in [9.17, 15) is 14.7 Å². The smallest absolute Gasteiger partial charge is 0.326 e. The van der Waals surface area contributed by atoms with Crippen molar-refractivity contribution in [1.82, 2.24) is 10.2 Å². The van der Waals surface area contributed by atoms with Gasteiger partial charge in [0.05, 0.1) is 0 Å². The molecular weight excluding hydrogens is 284 g/mol. The Labute approximate surface area is 130 Å². The molecule has 6 nitrogen and oxygen atoms in total. The number of aromatic hydroxyl groups is 1. The molecule has 0 heterocycles. The molecule has 0 bridgehead atoms. The number of amides is 1. The molecule has 22 heavy (non-hydrogen) atoms. The summed E-state index contributed by atoms with van der Waals surface area (Å²) in [5.74, 6) is -1.26. The van der Waals surface area contributed by atoms with E-state index < -0.39 is 12.0 Å². The maximum absolute atomic E-state index is 11.2. The summed E-state index contributed by atoms with van der Waals surface area (Å²) in [6.45, 7) is 7.71. The molecule has 0 spiro atoms. The predicted octanol–water partition coefficient (Wildman–Crippen LogP) is 1.37. The lowest BCUT2D eigenvalue weighted by atomic mass is 10.0. The SMILES string of the molecule is CCN(CC)Cc1cc(CC(NC(C)=O)C(=O)O)ccc1O. The Morgan fingerprint density at radius 2 is 1.91 bits per heavy atom. The van der Waals surface area contributed by atoms with Crippen molar-refractivity contribution in [2.75, 3.05) is 13.1 Å². The van der Waals surface area contributed by atoms with Crippen molar-refractivity contribution in [3.05, 3.63) is 29.3 Å². The van der Waals surface area contributed by atoms with Crippen LogP contribution in [0.5, 0.6) is 5.75 Å². The fourth-order valence-electron chi connectivity index (χ4n) is 2.26. The van der Waals surface area contributed by atoms with Gasteiger partial charge in [-0.15, -0.1) is 0 Å². The fourth-order valence-corrected chi connectivity index (χ4v) is 2.26. The average molecular weight is 308 g/mol. The number of carboxylic acid groups (broad SMARTS) is 1. The summed E-state index contributed by atoms with van der Waals surface area (Å²) in [7, 11) is 0. The quantitative estimate of drug-likeness (QED) is 0.675. The molecule has 1 unspecified atom stereocenters. The van der Waals surface area contributed by atoms with Crippen LogP contribution in [0.1, 0.15) is 31.9 Å². The summed E-state index contributed by atoms with van der Waals surface area (Å²) in [4.78, 5) is 24.4. The molecule has 1 aromatic carbocycles. The number of carbonyl (C=O) groups is 2. The maximum atomic E-state index is 11.2. The number of nitrogens with zero attached hydrogens (tertiary/aromatic N) is 1. The van der Waals surface area contributed by atoms with Crippen molar-refractivity contribution in [1.29, 1.82) is 0 Å². The molecule has 122 valence electrons. The largest absolute Gasteiger partial charge is 0.508 e. The molecule has 0 saturated heterocycles. The molecule has 0 aliphatic carbocycles. The molecule has 3 N–H and O–H groups in total. The first kappa shape index (κ1) is 18.0. The minimum Gasteiger partial charge on any atom is -0.508 e. The van der Waals surface area contributed by atoms with E-state index in [-0.39, 0.29) is 18.1 Å². The highest BCUT2D eigenvalue weighted by atomic mass is 16.4. The molecular formula is C16H24N2O4.